The third-order valence-electron chi connectivity index (χ3n) is 3.94. The van der Waals surface area contributed by atoms with Crippen molar-refractivity contribution in [1.82, 2.24) is 0 Å². The first-order valence-corrected chi connectivity index (χ1v) is 7.03. The number of alkyl halides is 1. The quantitative estimate of drug-likeness (QED) is 0.264. The minimum atomic E-state index is -1.78. The summed E-state index contributed by atoms with van der Waals surface area (Å²) in [4.78, 5) is 0. The van der Waals surface area contributed by atoms with Gasteiger partial charge in [0.15, 0.2) is 12.6 Å². The fourth-order valence-corrected chi connectivity index (χ4v) is 2.47. The zero-order valence-electron chi connectivity index (χ0n) is 11.9. The maximum absolute atomic E-state index is 12.8. The van der Waals surface area contributed by atoms with E-state index in [4.69, 9.17) is 19.3 Å². The van der Waals surface area contributed by atoms with Crippen LogP contribution >= 0.6 is 0 Å². The van der Waals surface area contributed by atoms with E-state index in [-0.39, 0.29) is 0 Å². The van der Waals surface area contributed by atoms with Crippen LogP contribution in [0.25, 0.3) is 0 Å². The van der Waals surface area contributed by atoms with Gasteiger partial charge in [0.2, 0.25) is 0 Å². The Labute approximate surface area is 130 Å². The first kappa shape index (κ1) is 18.9. The van der Waals surface area contributed by atoms with Crippen molar-refractivity contribution in [1.29, 1.82) is 0 Å². The topological polar surface area (TPSA) is 169 Å². The molecule has 136 valence electrons. The Bertz CT molecular complexity index is 349. The summed E-state index contributed by atoms with van der Waals surface area (Å²) >= 11 is 0. The van der Waals surface area contributed by atoms with Crippen molar-refractivity contribution in [2.75, 3.05) is 13.3 Å². The van der Waals surface area contributed by atoms with Gasteiger partial charge in [0, 0.05) is 0 Å². The smallest absolute Gasteiger partial charge is 0.189 e. The van der Waals surface area contributed by atoms with E-state index in [2.05, 4.69) is 0 Å². The normalized spacial score (nSPS) is 51.7. The summed E-state index contributed by atoms with van der Waals surface area (Å²) in [6.45, 7) is -1.85. The second kappa shape index (κ2) is 7.61. The van der Waals surface area contributed by atoms with E-state index in [9.17, 15) is 35.0 Å². The van der Waals surface area contributed by atoms with Gasteiger partial charge in [-0.25, -0.2) is 4.39 Å². The van der Waals surface area contributed by atoms with Crippen LogP contribution in [0.3, 0.4) is 0 Å². The molecule has 0 aromatic heterocycles. The zero-order valence-corrected chi connectivity index (χ0v) is 11.9. The summed E-state index contributed by atoms with van der Waals surface area (Å²) in [5, 5.41) is 67.1. The molecule has 10 nitrogen and oxygen atoms in total. The highest BCUT2D eigenvalue weighted by Gasteiger charge is 2.49. The fourth-order valence-electron chi connectivity index (χ4n) is 2.47. The van der Waals surface area contributed by atoms with Crippen LogP contribution < -0.4 is 0 Å². The number of hydrogen-bond acceptors (Lipinski definition) is 10. The zero-order chi connectivity index (χ0) is 17.3. The Balaban J connectivity index is 2.07. The third kappa shape index (κ3) is 3.64. The number of aliphatic hydroxyl groups is 7. The molecule has 0 spiro atoms. The van der Waals surface area contributed by atoms with Crippen molar-refractivity contribution in [2.45, 2.75) is 61.4 Å². The molecule has 2 aliphatic rings. The summed E-state index contributed by atoms with van der Waals surface area (Å²) in [6.07, 6.45) is -16.3. The van der Waals surface area contributed by atoms with Crippen LogP contribution in [0.1, 0.15) is 0 Å². The van der Waals surface area contributed by atoms with Gasteiger partial charge in [-0.15, -0.1) is 0 Å². The second-order valence-electron chi connectivity index (χ2n) is 5.50. The molecule has 7 N–H and O–H groups in total. The lowest BCUT2D eigenvalue weighted by molar-refractivity contribution is -0.375. The molecule has 23 heavy (non-hydrogen) atoms. The molecule has 0 amide bonds. The Morgan fingerprint density at radius 1 is 0.696 bits per heavy atom. The van der Waals surface area contributed by atoms with Gasteiger partial charge in [-0.05, 0) is 0 Å². The number of rotatable bonds is 4. The van der Waals surface area contributed by atoms with E-state index in [1.165, 1.54) is 0 Å². The summed E-state index contributed by atoms with van der Waals surface area (Å²) in [5.74, 6) is 0. The van der Waals surface area contributed by atoms with Crippen molar-refractivity contribution in [3.8, 4) is 0 Å². The van der Waals surface area contributed by atoms with Crippen LogP contribution in [0.2, 0.25) is 0 Å². The molecule has 2 aliphatic heterocycles. The van der Waals surface area contributed by atoms with Gasteiger partial charge < -0.3 is 50.0 Å². The van der Waals surface area contributed by atoms with E-state index in [1.807, 2.05) is 0 Å². The van der Waals surface area contributed by atoms with Crippen molar-refractivity contribution in [2.24, 2.45) is 0 Å². The van der Waals surface area contributed by atoms with Crippen LogP contribution in [-0.2, 0) is 14.2 Å². The van der Waals surface area contributed by atoms with Gasteiger partial charge in [-0.2, -0.15) is 0 Å². The van der Waals surface area contributed by atoms with Crippen molar-refractivity contribution in [3.63, 3.8) is 0 Å². The van der Waals surface area contributed by atoms with Gasteiger partial charge in [-0.3, -0.25) is 0 Å². The van der Waals surface area contributed by atoms with E-state index >= 15 is 0 Å². The molecular formula is C12H21FO10. The predicted molar refractivity (Wildman–Crippen MR) is 67.5 cm³/mol. The van der Waals surface area contributed by atoms with Gasteiger partial charge in [0.05, 0.1) is 6.61 Å². The Morgan fingerprint density at radius 3 is 1.57 bits per heavy atom. The standard InChI is InChI=1S/C12H21FO10/c13-1-3-5(15)7(17)9(19)11(21-3)23-12-10(20)8(18)6(16)4(2-14)22-12/h3-12,14-20H,1-2H2/t3-,4-,5-,6-,7+,8+,9-,10-,11+,12-/m1/s1. The lowest BCUT2D eigenvalue weighted by atomic mass is 9.98. The van der Waals surface area contributed by atoms with Crippen LogP contribution in [0.15, 0.2) is 0 Å². The van der Waals surface area contributed by atoms with Gasteiger partial charge in [-0.1, -0.05) is 0 Å². The number of ether oxygens (including phenoxy) is 3. The molecule has 2 fully saturated rings. The summed E-state index contributed by atoms with van der Waals surface area (Å²) in [5.41, 5.74) is 0. The highest BCUT2D eigenvalue weighted by atomic mass is 19.1. The van der Waals surface area contributed by atoms with Crippen molar-refractivity contribution < 1.29 is 54.3 Å². The van der Waals surface area contributed by atoms with Crippen LogP contribution in [0.4, 0.5) is 4.39 Å². The van der Waals surface area contributed by atoms with Gasteiger partial charge >= 0.3 is 0 Å². The Kier molecular flexibility index (Phi) is 6.24. The highest BCUT2D eigenvalue weighted by molar-refractivity contribution is 4.92. The molecule has 0 saturated carbocycles. The minimum absolute atomic E-state index is 0.687. The van der Waals surface area contributed by atoms with E-state index in [0.29, 0.717) is 0 Å². The molecule has 0 radical (unpaired) electrons. The molecule has 2 rings (SSSR count). The van der Waals surface area contributed by atoms with Crippen LogP contribution in [0.5, 0.6) is 0 Å². The minimum Gasteiger partial charge on any atom is -0.394 e. The van der Waals surface area contributed by atoms with Gasteiger partial charge in [0.1, 0.15) is 55.5 Å². The molecule has 0 aromatic rings. The largest absolute Gasteiger partial charge is 0.394 e. The van der Waals surface area contributed by atoms with Gasteiger partial charge in [0.25, 0.3) is 0 Å². The average Bonchev–Trinajstić information content (AvgIpc) is 2.55. The van der Waals surface area contributed by atoms with Crippen LogP contribution in [-0.4, -0.2) is 110 Å². The SMILES string of the molecule is OC[C@H]1O[C@H](O[C@@H]2O[C@H](CF)[C@@H](O)[C@H](O)[C@H]2O)[C@H](O)[C@@H](O)[C@@H]1O. The maximum atomic E-state index is 12.8. The third-order valence-corrected chi connectivity index (χ3v) is 3.94. The first-order valence-electron chi connectivity index (χ1n) is 7.03. The number of hydrogen-bond donors (Lipinski definition) is 7. The van der Waals surface area contributed by atoms with E-state index in [1.54, 1.807) is 0 Å². The fraction of sp³-hybridized carbons (Fsp3) is 1.00. The predicted octanol–water partition coefficient (Wildman–Crippen LogP) is -4.42. The molecule has 10 atom stereocenters. The Hall–Kier alpha value is -0.470. The lowest BCUT2D eigenvalue weighted by Gasteiger charge is -2.44. The summed E-state index contributed by atoms with van der Waals surface area (Å²) in [7, 11) is 0. The average molecular weight is 344 g/mol. The first-order chi connectivity index (χ1) is 10.8. The molecule has 0 aliphatic carbocycles. The molecule has 0 bridgehead atoms. The molecule has 0 aromatic carbocycles. The van der Waals surface area contributed by atoms with E-state index < -0.39 is 74.7 Å². The Morgan fingerprint density at radius 2 is 1.13 bits per heavy atom. The number of aliphatic hydroxyl groups excluding tert-OH is 7. The number of halogens is 1. The van der Waals surface area contributed by atoms with Crippen LogP contribution in [0, 0.1) is 0 Å². The van der Waals surface area contributed by atoms with Crippen molar-refractivity contribution in [3.05, 3.63) is 0 Å². The molecule has 2 heterocycles. The second-order valence-corrected chi connectivity index (χ2v) is 5.50. The summed E-state index contributed by atoms with van der Waals surface area (Å²) < 4.78 is 27.9. The lowest BCUT2D eigenvalue weighted by Crippen LogP contribution is -2.63. The molecule has 2 saturated heterocycles. The molecule has 0 unspecified atom stereocenters. The van der Waals surface area contributed by atoms with E-state index in [0.717, 1.165) is 0 Å². The highest BCUT2D eigenvalue weighted by Crippen LogP contribution is 2.28. The monoisotopic (exact) mass is 344 g/mol. The maximum Gasteiger partial charge on any atom is 0.189 e. The summed E-state index contributed by atoms with van der Waals surface area (Å²) in [6, 6.07) is 0. The molecular weight excluding hydrogens is 323 g/mol. The molecule has 11 heteroatoms. The van der Waals surface area contributed by atoms with Crippen molar-refractivity contribution >= 4 is 0 Å².